The SMILES string of the molecule is Cc1cccc(-n2cc(CN3CC(c4ccncc4)C3)cn2)c1. The van der Waals surface area contributed by atoms with E-state index in [1.165, 1.54) is 16.7 Å². The van der Waals surface area contributed by atoms with Crippen molar-refractivity contribution in [2.75, 3.05) is 13.1 Å². The second-order valence-electron chi connectivity index (χ2n) is 6.30. The van der Waals surface area contributed by atoms with Crippen molar-refractivity contribution >= 4 is 0 Å². The number of pyridine rings is 1. The summed E-state index contributed by atoms with van der Waals surface area (Å²) in [6.45, 7) is 5.29. The molecule has 1 aliphatic heterocycles. The van der Waals surface area contributed by atoms with Gasteiger partial charge in [-0.2, -0.15) is 5.10 Å². The molecule has 4 rings (SSSR count). The Morgan fingerprint density at radius 1 is 1.13 bits per heavy atom. The maximum absolute atomic E-state index is 4.50. The summed E-state index contributed by atoms with van der Waals surface area (Å²) >= 11 is 0. The fourth-order valence-corrected chi connectivity index (χ4v) is 3.16. The summed E-state index contributed by atoms with van der Waals surface area (Å²) in [5.41, 5.74) is 5.03. The normalized spacial score (nSPS) is 15.5. The lowest BCUT2D eigenvalue weighted by atomic mass is 9.92. The first-order chi connectivity index (χ1) is 11.3. The van der Waals surface area contributed by atoms with Gasteiger partial charge in [-0.1, -0.05) is 12.1 Å². The number of hydrogen-bond acceptors (Lipinski definition) is 3. The van der Waals surface area contributed by atoms with Crippen molar-refractivity contribution < 1.29 is 0 Å². The van der Waals surface area contributed by atoms with Crippen molar-refractivity contribution in [3.63, 3.8) is 0 Å². The van der Waals surface area contributed by atoms with Gasteiger partial charge < -0.3 is 0 Å². The predicted octanol–water partition coefficient (Wildman–Crippen LogP) is 3.18. The van der Waals surface area contributed by atoms with E-state index >= 15 is 0 Å². The van der Waals surface area contributed by atoms with E-state index in [0.717, 1.165) is 25.3 Å². The van der Waals surface area contributed by atoms with Gasteiger partial charge in [0, 0.05) is 49.7 Å². The average Bonchev–Trinajstić information content (AvgIpc) is 3.00. The van der Waals surface area contributed by atoms with Crippen LogP contribution in [0.5, 0.6) is 0 Å². The van der Waals surface area contributed by atoms with Crippen LogP contribution in [-0.4, -0.2) is 32.8 Å². The first-order valence-corrected chi connectivity index (χ1v) is 8.01. The van der Waals surface area contributed by atoms with E-state index in [1.807, 2.05) is 23.3 Å². The third-order valence-electron chi connectivity index (χ3n) is 4.44. The number of aryl methyl sites for hydroxylation is 1. The van der Waals surface area contributed by atoms with Crippen LogP contribution in [0.3, 0.4) is 0 Å². The van der Waals surface area contributed by atoms with Gasteiger partial charge in [0.1, 0.15) is 0 Å². The molecule has 0 saturated carbocycles. The Labute approximate surface area is 136 Å². The molecule has 3 aromatic rings. The molecule has 2 aromatic heterocycles. The topological polar surface area (TPSA) is 34.0 Å². The maximum atomic E-state index is 4.50. The van der Waals surface area contributed by atoms with Gasteiger partial charge in [-0.3, -0.25) is 9.88 Å². The Morgan fingerprint density at radius 3 is 2.74 bits per heavy atom. The molecule has 0 bridgehead atoms. The second-order valence-corrected chi connectivity index (χ2v) is 6.30. The van der Waals surface area contributed by atoms with Crippen LogP contribution in [0.25, 0.3) is 5.69 Å². The van der Waals surface area contributed by atoms with Crippen molar-refractivity contribution in [3.05, 3.63) is 77.9 Å². The van der Waals surface area contributed by atoms with Crippen molar-refractivity contribution in [1.82, 2.24) is 19.7 Å². The Hall–Kier alpha value is -2.46. The molecule has 0 radical (unpaired) electrons. The van der Waals surface area contributed by atoms with Crippen LogP contribution in [0, 0.1) is 6.92 Å². The van der Waals surface area contributed by atoms with Crippen LogP contribution in [0.2, 0.25) is 0 Å². The summed E-state index contributed by atoms with van der Waals surface area (Å²) in [6.07, 6.45) is 7.87. The minimum atomic E-state index is 0.643. The van der Waals surface area contributed by atoms with Crippen LogP contribution < -0.4 is 0 Å². The molecule has 1 aliphatic rings. The molecule has 0 spiro atoms. The molecule has 1 aromatic carbocycles. The van der Waals surface area contributed by atoms with Gasteiger partial charge in [0.05, 0.1) is 11.9 Å². The molecule has 1 saturated heterocycles. The lowest BCUT2D eigenvalue weighted by Gasteiger charge is -2.39. The monoisotopic (exact) mass is 304 g/mol. The minimum Gasteiger partial charge on any atom is -0.298 e. The zero-order valence-corrected chi connectivity index (χ0v) is 13.3. The summed E-state index contributed by atoms with van der Waals surface area (Å²) in [5, 5.41) is 4.50. The molecule has 0 aliphatic carbocycles. The highest BCUT2D eigenvalue weighted by atomic mass is 15.3. The summed E-state index contributed by atoms with van der Waals surface area (Å²) < 4.78 is 1.96. The molecule has 23 heavy (non-hydrogen) atoms. The van der Waals surface area contributed by atoms with E-state index in [9.17, 15) is 0 Å². The van der Waals surface area contributed by atoms with E-state index in [2.05, 4.69) is 64.5 Å². The number of benzene rings is 1. The highest BCUT2D eigenvalue weighted by Crippen LogP contribution is 2.27. The number of aromatic nitrogens is 3. The van der Waals surface area contributed by atoms with E-state index < -0.39 is 0 Å². The second kappa shape index (κ2) is 5.97. The van der Waals surface area contributed by atoms with Crippen LogP contribution in [0.15, 0.2) is 61.2 Å². The molecule has 3 heterocycles. The molecule has 0 unspecified atom stereocenters. The van der Waals surface area contributed by atoms with Gasteiger partial charge in [-0.25, -0.2) is 4.68 Å². The Kier molecular flexibility index (Phi) is 3.67. The number of nitrogens with zero attached hydrogens (tertiary/aromatic N) is 4. The Balaban J connectivity index is 1.38. The number of rotatable bonds is 4. The lowest BCUT2D eigenvalue weighted by molar-refractivity contribution is 0.139. The fraction of sp³-hybridized carbons (Fsp3) is 0.263. The fourth-order valence-electron chi connectivity index (χ4n) is 3.16. The largest absolute Gasteiger partial charge is 0.298 e. The predicted molar refractivity (Wildman–Crippen MR) is 90.6 cm³/mol. The highest BCUT2D eigenvalue weighted by Gasteiger charge is 2.27. The summed E-state index contributed by atoms with van der Waals surface area (Å²) in [5.74, 6) is 0.643. The van der Waals surface area contributed by atoms with Crippen molar-refractivity contribution in [3.8, 4) is 5.69 Å². The molecule has 116 valence electrons. The van der Waals surface area contributed by atoms with Crippen molar-refractivity contribution in [2.45, 2.75) is 19.4 Å². The van der Waals surface area contributed by atoms with Crippen molar-refractivity contribution in [2.24, 2.45) is 0 Å². The third-order valence-corrected chi connectivity index (χ3v) is 4.44. The van der Waals surface area contributed by atoms with Crippen LogP contribution in [-0.2, 0) is 6.54 Å². The van der Waals surface area contributed by atoms with Crippen LogP contribution >= 0.6 is 0 Å². The van der Waals surface area contributed by atoms with E-state index in [-0.39, 0.29) is 0 Å². The number of hydrogen-bond donors (Lipinski definition) is 0. The zero-order valence-electron chi connectivity index (χ0n) is 13.3. The summed E-state index contributed by atoms with van der Waals surface area (Å²) in [6, 6.07) is 12.7. The van der Waals surface area contributed by atoms with Gasteiger partial charge >= 0.3 is 0 Å². The van der Waals surface area contributed by atoms with Gasteiger partial charge in [-0.15, -0.1) is 0 Å². The average molecular weight is 304 g/mol. The van der Waals surface area contributed by atoms with Gasteiger partial charge in [0.2, 0.25) is 0 Å². The molecule has 4 nitrogen and oxygen atoms in total. The van der Waals surface area contributed by atoms with E-state index in [1.54, 1.807) is 0 Å². The lowest BCUT2D eigenvalue weighted by Crippen LogP contribution is -2.44. The van der Waals surface area contributed by atoms with Crippen LogP contribution in [0.1, 0.15) is 22.6 Å². The molecular formula is C19H20N4. The highest BCUT2D eigenvalue weighted by molar-refractivity contribution is 5.35. The van der Waals surface area contributed by atoms with Gasteiger partial charge in [0.25, 0.3) is 0 Å². The third kappa shape index (κ3) is 3.03. The van der Waals surface area contributed by atoms with Crippen LogP contribution in [0.4, 0.5) is 0 Å². The summed E-state index contributed by atoms with van der Waals surface area (Å²) in [4.78, 5) is 6.55. The first-order valence-electron chi connectivity index (χ1n) is 8.01. The van der Waals surface area contributed by atoms with Gasteiger partial charge in [-0.05, 0) is 42.3 Å². The quantitative estimate of drug-likeness (QED) is 0.742. The number of likely N-dealkylation sites (tertiary alicyclic amines) is 1. The van der Waals surface area contributed by atoms with E-state index in [4.69, 9.17) is 0 Å². The zero-order chi connectivity index (χ0) is 15.6. The maximum Gasteiger partial charge on any atom is 0.0648 e. The molecule has 0 N–H and O–H groups in total. The van der Waals surface area contributed by atoms with Crippen molar-refractivity contribution in [1.29, 1.82) is 0 Å². The standard InChI is InChI=1S/C19H20N4/c1-15-3-2-4-19(9-15)23-12-16(10-21-23)11-22-13-18(14-22)17-5-7-20-8-6-17/h2-10,12,18H,11,13-14H2,1H3. The molecular weight excluding hydrogens is 284 g/mol. The Morgan fingerprint density at radius 2 is 1.96 bits per heavy atom. The Bertz CT molecular complexity index is 788. The molecule has 1 fully saturated rings. The van der Waals surface area contributed by atoms with E-state index in [0.29, 0.717) is 5.92 Å². The first kappa shape index (κ1) is 14.2. The molecule has 4 heteroatoms. The molecule has 0 atom stereocenters. The van der Waals surface area contributed by atoms with Gasteiger partial charge in [0.15, 0.2) is 0 Å². The molecule has 0 amide bonds. The smallest absolute Gasteiger partial charge is 0.0648 e. The summed E-state index contributed by atoms with van der Waals surface area (Å²) in [7, 11) is 0. The minimum absolute atomic E-state index is 0.643.